The first-order valence-electron chi connectivity index (χ1n) is 6.30. The molecule has 4 heteroatoms. The molecule has 0 fully saturated rings. The largest absolute Gasteiger partial charge is 0.367 e. The number of benzene rings is 1. The van der Waals surface area contributed by atoms with E-state index in [-0.39, 0.29) is 12.1 Å². The van der Waals surface area contributed by atoms with E-state index in [9.17, 15) is 0 Å². The van der Waals surface area contributed by atoms with E-state index in [0.29, 0.717) is 6.61 Å². The summed E-state index contributed by atoms with van der Waals surface area (Å²) in [6, 6.07) is 10.6. The topological polar surface area (TPSA) is 62.3 Å². The SMILES string of the molecule is CC(C#N)OCCN1CC(N)Cc2ccccc21. The quantitative estimate of drug-likeness (QED) is 0.868. The number of nitrogens with zero attached hydrogens (tertiary/aromatic N) is 2. The normalized spacial score (nSPS) is 20.1. The highest BCUT2D eigenvalue weighted by Gasteiger charge is 2.21. The summed E-state index contributed by atoms with van der Waals surface area (Å²) in [6.07, 6.45) is 0.584. The summed E-state index contributed by atoms with van der Waals surface area (Å²) in [5.74, 6) is 0. The summed E-state index contributed by atoms with van der Waals surface area (Å²) in [6.45, 7) is 3.93. The van der Waals surface area contributed by atoms with Crippen molar-refractivity contribution in [1.29, 1.82) is 5.26 Å². The van der Waals surface area contributed by atoms with Gasteiger partial charge in [-0.2, -0.15) is 5.26 Å². The van der Waals surface area contributed by atoms with Crippen LogP contribution in [0.5, 0.6) is 0 Å². The van der Waals surface area contributed by atoms with Crippen LogP contribution in [0.1, 0.15) is 12.5 Å². The number of para-hydroxylation sites is 1. The van der Waals surface area contributed by atoms with Crippen molar-refractivity contribution in [1.82, 2.24) is 0 Å². The number of nitrogens with two attached hydrogens (primary N) is 1. The van der Waals surface area contributed by atoms with Crippen LogP contribution < -0.4 is 10.6 Å². The summed E-state index contributed by atoms with van der Waals surface area (Å²) in [5.41, 5.74) is 8.60. The lowest BCUT2D eigenvalue weighted by molar-refractivity contribution is 0.107. The number of rotatable bonds is 4. The molecule has 1 aromatic rings. The van der Waals surface area contributed by atoms with Crippen molar-refractivity contribution in [2.45, 2.75) is 25.5 Å². The van der Waals surface area contributed by atoms with Gasteiger partial charge in [-0.3, -0.25) is 0 Å². The predicted molar refractivity (Wildman–Crippen MR) is 71.4 cm³/mol. The fourth-order valence-corrected chi connectivity index (χ4v) is 2.31. The molecule has 0 aromatic heterocycles. The summed E-state index contributed by atoms with van der Waals surface area (Å²) >= 11 is 0. The molecule has 2 rings (SSSR count). The number of hydrogen-bond acceptors (Lipinski definition) is 4. The van der Waals surface area contributed by atoms with Gasteiger partial charge in [0.05, 0.1) is 12.7 Å². The van der Waals surface area contributed by atoms with Crippen LogP contribution in [-0.2, 0) is 11.2 Å². The van der Waals surface area contributed by atoms with Crippen LogP contribution in [0, 0.1) is 11.3 Å². The molecule has 2 atom stereocenters. The van der Waals surface area contributed by atoms with Crippen LogP contribution in [0.3, 0.4) is 0 Å². The molecule has 18 heavy (non-hydrogen) atoms. The molecule has 0 saturated heterocycles. The Kier molecular flexibility index (Phi) is 4.19. The number of ether oxygens (including phenoxy) is 1. The fraction of sp³-hybridized carbons (Fsp3) is 0.500. The summed E-state index contributed by atoms with van der Waals surface area (Å²) in [7, 11) is 0. The summed E-state index contributed by atoms with van der Waals surface area (Å²) < 4.78 is 5.40. The first-order chi connectivity index (χ1) is 8.70. The van der Waals surface area contributed by atoms with Gasteiger partial charge in [-0.15, -0.1) is 0 Å². The molecule has 0 bridgehead atoms. The van der Waals surface area contributed by atoms with Gasteiger partial charge in [0, 0.05) is 24.8 Å². The second-order valence-electron chi connectivity index (χ2n) is 4.68. The van der Waals surface area contributed by atoms with E-state index in [1.165, 1.54) is 11.3 Å². The van der Waals surface area contributed by atoms with Gasteiger partial charge < -0.3 is 15.4 Å². The maximum absolute atomic E-state index is 8.66. The van der Waals surface area contributed by atoms with E-state index >= 15 is 0 Å². The van der Waals surface area contributed by atoms with Gasteiger partial charge in [-0.1, -0.05) is 18.2 Å². The minimum Gasteiger partial charge on any atom is -0.367 e. The average molecular weight is 245 g/mol. The maximum atomic E-state index is 8.66. The molecule has 0 spiro atoms. The second-order valence-corrected chi connectivity index (χ2v) is 4.68. The Hall–Kier alpha value is -1.57. The molecular formula is C14H19N3O. The lowest BCUT2D eigenvalue weighted by atomic mass is 9.98. The molecule has 1 aromatic carbocycles. The zero-order chi connectivity index (χ0) is 13.0. The van der Waals surface area contributed by atoms with Crippen molar-refractivity contribution >= 4 is 5.69 Å². The van der Waals surface area contributed by atoms with Crippen molar-refractivity contribution < 1.29 is 4.74 Å². The molecule has 0 radical (unpaired) electrons. The van der Waals surface area contributed by atoms with Crippen molar-refractivity contribution in [2.24, 2.45) is 5.73 Å². The summed E-state index contributed by atoms with van der Waals surface area (Å²) in [5, 5.41) is 8.66. The van der Waals surface area contributed by atoms with Gasteiger partial charge in [0.1, 0.15) is 6.10 Å². The number of hydrogen-bond donors (Lipinski definition) is 1. The third-order valence-electron chi connectivity index (χ3n) is 3.18. The van der Waals surface area contributed by atoms with Crippen LogP contribution in [0.15, 0.2) is 24.3 Å². The maximum Gasteiger partial charge on any atom is 0.141 e. The smallest absolute Gasteiger partial charge is 0.141 e. The molecule has 0 amide bonds. The minimum atomic E-state index is -0.348. The third kappa shape index (κ3) is 3.00. The van der Waals surface area contributed by atoms with E-state index in [2.05, 4.69) is 23.1 Å². The Morgan fingerprint density at radius 3 is 3.11 bits per heavy atom. The Labute approximate surface area is 108 Å². The first kappa shape index (κ1) is 12.9. The highest BCUT2D eigenvalue weighted by atomic mass is 16.5. The van der Waals surface area contributed by atoms with Crippen LogP contribution in [-0.4, -0.2) is 31.8 Å². The lowest BCUT2D eigenvalue weighted by Crippen LogP contribution is -2.44. The molecule has 96 valence electrons. The fourth-order valence-electron chi connectivity index (χ4n) is 2.31. The second kappa shape index (κ2) is 5.85. The number of anilines is 1. The molecular weight excluding hydrogens is 226 g/mol. The van der Waals surface area contributed by atoms with Crippen LogP contribution in [0.2, 0.25) is 0 Å². The zero-order valence-corrected chi connectivity index (χ0v) is 10.7. The van der Waals surface area contributed by atoms with E-state index in [0.717, 1.165) is 19.5 Å². The van der Waals surface area contributed by atoms with Crippen LogP contribution >= 0.6 is 0 Å². The van der Waals surface area contributed by atoms with E-state index < -0.39 is 0 Å². The third-order valence-corrected chi connectivity index (χ3v) is 3.18. The molecule has 1 aliphatic heterocycles. The standard InChI is InChI=1S/C14H19N3O/c1-11(9-15)18-7-6-17-10-13(16)8-12-4-2-3-5-14(12)17/h2-5,11,13H,6-8,10,16H2,1H3. The number of nitriles is 1. The van der Waals surface area contributed by atoms with Crippen molar-refractivity contribution in [2.75, 3.05) is 24.6 Å². The molecule has 0 saturated carbocycles. The Balaban J connectivity index is 1.99. The van der Waals surface area contributed by atoms with E-state index in [4.69, 9.17) is 15.7 Å². The first-order valence-corrected chi connectivity index (χ1v) is 6.30. The van der Waals surface area contributed by atoms with Gasteiger partial charge >= 0.3 is 0 Å². The van der Waals surface area contributed by atoms with Crippen molar-refractivity contribution in [3.05, 3.63) is 29.8 Å². The molecule has 2 N–H and O–H groups in total. The van der Waals surface area contributed by atoms with Crippen molar-refractivity contribution in [3.63, 3.8) is 0 Å². The van der Waals surface area contributed by atoms with Gasteiger partial charge in [0.25, 0.3) is 0 Å². The average Bonchev–Trinajstić information content (AvgIpc) is 2.38. The molecule has 0 aliphatic carbocycles. The van der Waals surface area contributed by atoms with E-state index in [1.54, 1.807) is 6.92 Å². The monoisotopic (exact) mass is 245 g/mol. The Bertz CT molecular complexity index is 441. The van der Waals surface area contributed by atoms with Gasteiger partial charge in [-0.05, 0) is 25.0 Å². The van der Waals surface area contributed by atoms with Crippen LogP contribution in [0.4, 0.5) is 5.69 Å². The Morgan fingerprint density at radius 1 is 1.56 bits per heavy atom. The Morgan fingerprint density at radius 2 is 2.33 bits per heavy atom. The summed E-state index contributed by atoms with van der Waals surface area (Å²) in [4.78, 5) is 2.24. The van der Waals surface area contributed by atoms with Gasteiger partial charge in [0.15, 0.2) is 0 Å². The van der Waals surface area contributed by atoms with Crippen molar-refractivity contribution in [3.8, 4) is 6.07 Å². The number of fused-ring (bicyclic) bond motifs is 1. The molecule has 1 heterocycles. The molecule has 1 aliphatic rings. The lowest BCUT2D eigenvalue weighted by Gasteiger charge is -2.34. The van der Waals surface area contributed by atoms with Crippen LogP contribution in [0.25, 0.3) is 0 Å². The minimum absolute atomic E-state index is 0.174. The highest BCUT2D eigenvalue weighted by Crippen LogP contribution is 2.25. The zero-order valence-electron chi connectivity index (χ0n) is 10.7. The molecule has 4 nitrogen and oxygen atoms in total. The molecule has 2 unspecified atom stereocenters. The predicted octanol–water partition coefficient (Wildman–Crippen LogP) is 1.31. The van der Waals surface area contributed by atoms with Gasteiger partial charge in [-0.25, -0.2) is 0 Å². The highest BCUT2D eigenvalue weighted by molar-refractivity contribution is 5.56. The van der Waals surface area contributed by atoms with Gasteiger partial charge in [0.2, 0.25) is 0 Å². The van der Waals surface area contributed by atoms with E-state index in [1.807, 2.05) is 12.1 Å².